The molecule has 2 aliphatic heterocycles. The number of imidazole rings is 1. The zero-order valence-corrected chi connectivity index (χ0v) is 21.9. The number of H-pyrrole nitrogens is 1. The van der Waals surface area contributed by atoms with Crippen molar-refractivity contribution in [3.05, 3.63) is 119 Å². The van der Waals surface area contributed by atoms with Crippen molar-refractivity contribution in [3.63, 3.8) is 0 Å². The third-order valence-corrected chi connectivity index (χ3v) is 7.89. The lowest BCUT2D eigenvalue weighted by Crippen LogP contribution is -2.48. The molecule has 0 saturated heterocycles. The molecule has 0 saturated carbocycles. The van der Waals surface area contributed by atoms with E-state index in [9.17, 15) is 4.79 Å². The minimum Gasteiger partial charge on any atom is -0.491 e. The number of amides is 2. The van der Waals surface area contributed by atoms with Crippen molar-refractivity contribution in [3.8, 4) is 16.9 Å². The number of nitrogens with zero attached hydrogens (tertiary/aromatic N) is 3. The summed E-state index contributed by atoms with van der Waals surface area (Å²) in [5.41, 5.74) is 8.86. The van der Waals surface area contributed by atoms with E-state index < -0.39 is 0 Å². The van der Waals surface area contributed by atoms with Crippen LogP contribution in [0.25, 0.3) is 22.2 Å². The number of ether oxygens (including phenoxy) is 1. The molecular weight excluding hydrogens is 484 g/mol. The number of hydrogen-bond acceptors (Lipinski definition) is 3. The Morgan fingerprint density at radius 3 is 2.59 bits per heavy atom. The summed E-state index contributed by atoms with van der Waals surface area (Å²) in [5.74, 6) is 1.75. The van der Waals surface area contributed by atoms with Crippen molar-refractivity contribution in [2.75, 3.05) is 19.7 Å². The summed E-state index contributed by atoms with van der Waals surface area (Å²) < 4.78 is 6.12. The fourth-order valence-electron chi connectivity index (χ4n) is 6.00. The van der Waals surface area contributed by atoms with E-state index in [4.69, 9.17) is 4.74 Å². The molecule has 1 unspecified atom stereocenters. The van der Waals surface area contributed by atoms with Crippen molar-refractivity contribution in [1.29, 1.82) is 0 Å². The molecule has 0 bridgehead atoms. The molecule has 1 aromatic heterocycles. The first-order valence-corrected chi connectivity index (χ1v) is 13.5. The van der Waals surface area contributed by atoms with Gasteiger partial charge in [0.2, 0.25) is 0 Å². The molecule has 2 aliphatic rings. The van der Waals surface area contributed by atoms with Crippen LogP contribution >= 0.6 is 0 Å². The minimum atomic E-state index is -0.108. The smallest absolute Gasteiger partial charge is 0.321 e. The highest BCUT2D eigenvalue weighted by molar-refractivity contribution is 5.82. The van der Waals surface area contributed by atoms with Gasteiger partial charge in [0.05, 0.1) is 30.2 Å². The molecule has 0 radical (unpaired) electrons. The molecule has 6 heteroatoms. The van der Waals surface area contributed by atoms with E-state index >= 15 is 0 Å². The zero-order valence-electron chi connectivity index (χ0n) is 21.9. The summed E-state index contributed by atoms with van der Waals surface area (Å²) in [5, 5.41) is 0. The Morgan fingerprint density at radius 2 is 1.69 bits per heavy atom. The second-order valence-electron chi connectivity index (χ2n) is 10.4. The standard InChI is InChI=1S/C33H30N4O2/c1-22-34-29-13-11-26(20-30(29)35-22)25-12-14-31-27(19-25)21-36(17-18-39-31)33(38)37-16-15-23-7-5-6-10-28(23)32(37)24-8-3-2-4-9-24/h2-14,19-20,32H,15-18,21H2,1H3,(H,34,35). The number of aromatic nitrogens is 2. The minimum absolute atomic E-state index is 0.0505. The van der Waals surface area contributed by atoms with Crippen LogP contribution in [0, 0.1) is 6.92 Å². The van der Waals surface area contributed by atoms with Crippen molar-refractivity contribution in [1.82, 2.24) is 19.8 Å². The third kappa shape index (κ3) is 4.32. The topological polar surface area (TPSA) is 61.5 Å². The average Bonchev–Trinajstić information content (AvgIpc) is 3.22. The van der Waals surface area contributed by atoms with Crippen LogP contribution in [0.3, 0.4) is 0 Å². The number of fused-ring (bicyclic) bond motifs is 3. The highest BCUT2D eigenvalue weighted by atomic mass is 16.5. The third-order valence-electron chi connectivity index (χ3n) is 7.89. The average molecular weight is 515 g/mol. The summed E-state index contributed by atoms with van der Waals surface area (Å²) in [6.45, 7) is 4.17. The number of hydrogen-bond donors (Lipinski definition) is 1. The van der Waals surface area contributed by atoms with E-state index in [1.54, 1.807) is 0 Å². The summed E-state index contributed by atoms with van der Waals surface area (Å²) in [7, 11) is 0. The Bertz CT molecular complexity index is 1680. The van der Waals surface area contributed by atoms with E-state index in [-0.39, 0.29) is 12.1 Å². The SMILES string of the molecule is Cc1nc2ccc(-c3ccc4c(c3)CN(C(=O)N3CCc5ccccc5C3c3ccccc3)CCO4)cc2[nH]1. The summed E-state index contributed by atoms with van der Waals surface area (Å²) >= 11 is 0. The number of rotatable bonds is 2. The number of aromatic amines is 1. The number of aryl methyl sites for hydroxylation is 1. The Labute approximate surface area is 227 Å². The predicted molar refractivity (Wildman–Crippen MR) is 153 cm³/mol. The maximum Gasteiger partial charge on any atom is 0.321 e. The summed E-state index contributed by atoms with van der Waals surface area (Å²) in [4.78, 5) is 26.0. The molecule has 0 aliphatic carbocycles. The molecule has 0 spiro atoms. The fourth-order valence-corrected chi connectivity index (χ4v) is 6.00. The van der Waals surface area contributed by atoms with Crippen molar-refractivity contribution in [2.24, 2.45) is 0 Å². The molecule has 1 N–H and O–H groups in total. The first-order valence-electron chi connectivity index (χ1n) is 13.5. The van der Waals surface area contributed by atoms with Gasteiger partial charge in [-0.3, -0.25) is 0 Å². The maximum absolute atomic E-state index is 14.2. The van der Waals surface area contributed by atoms with E-state index in [1.165, 1.54) is 11.1 Å². The lowest BCUT2D eigenvalue weighted by Gasteiger charge is -2.40. The molecule has 4 aromatic carbocycles. The molecule has 194 valence electrons. The number of nitrogens with one attached hydrogen (secondary N) is 1. The van der Waals surface area contributed by atoms with Gasteiger partial charge in [-0.25, -0.2) is 9.78 Å². The van der Waals surface area contributed by atoms with E-state index in [2.05, 4.69) is 82.8 Å². The Morgan fingerprint density at radius 1 is 0.897 bits per heavy atom. The van der Waals surface area contributed by atoms with Gasteiger partial charge >= 0.3 is 6.03 Å². The lowest BCUT2D eigenvalue weighted by molar-refractivity contribution is 0.131. The number of benzene rings is 4. The maximum atomic E-state index is 14.2. The van der Waals surface area contributed by atoms with E-state index in [0.29, 0.717) is 26.2 Å². The van der Waals surface area contributed by atoms with Crippen LogP contribution in [0.4, 0.5) is 4.79 Å². The predicted octanol–water partition coefficient (Wildman–Crippen LogP) is 6.50. The normalized spacial score (nSPS) is 16.8. The van der Waals surface area contributed by atoms with Crippen molar-refractivity contribution >= 4 is 17.1 Å². The molecule has 5 aromatic rings. The first kappa shape index (κ1) is 23.5. The largest absolute Gasteiger partial charge is 0.491 e. The van der Waals surface area contributed by atoms with Gasteiger partial charge in [-0.1, -0.05) is 66.7 Å². The van der Waals surface area contributed by atoms with Crippen molar-refractivity contribution in [2.45, 2.75) is 25.9 Å². The van der Waals surface area contributed by atoms with Crippen LogP contribution < -0.4 is 4.74 Å². The van der Waals surface area contributed by atoms with Gasteiger partial charge in [-0.05, 0) is 65.4 Å². The Hall–Kier alpha value is -4.58. The molecule has 3 heterocycles. The van der Waals surface area contributed by atoms with Gasteiger partial charge in [-0.2, -0.15) is 0 Å². The monoisotopic (exact) mass is 514 g/mol. The van der Waals surface area contributed by atoms with Crippen LogP contribution in [0.5, 0.6) is 5.75 Å². The molecule has 39 heavy (non-hydrogen) atoms. The molecule has 7 rings (SSSR count). The molecule has 6 nitrogen and oxygen atoms in total. The van der Waals surface area contributed by atoms with Crippen molar-refractivity contribution < 1.29 is 9.53 Å². The van der Waals surface area contributed by atoms with Crippen LogP contribution in [0.2, 0.25) is 0 Å². The van der Waals surface area contributed by atoms with Gasteiger partial charge in [0.1, 0.15) is 18.2 Å². The van der Waals surface area contributed by atoms with Gasteiger partial charge in [-0.15, -0.1) is 0 Å². The van der Waals surface area contributed by atoms with Gasteiger partial charge < -0.3 is 19.5 Å². The molecular formula is C33H30N4O2. The highest BCUT2D eigenvalue weighted by Gasteiger charge is 2.35. The van der Waals surface area contributed by atoms with Gasteiger partial charge in [0.25, 0.3) is 0 Å². The fraction of sp³-hybridized carbons (Fsp3) is 0.212. The van der Waals surface area contributed by atoms with Gasteiger partial charge in [0, 0.05) is 12.1 Å². The summed E-state index contributed by atoms with van der Waals surface area (Å²) in [6, 6.07) is 31.4. The second kappa shape index (κ2) is 9.62. The highest BCUT2D eigenvalue weighted by Crippen LogP contribution is 2.37. The Kier molecular flexibility index (Phi) is 5.81. The number of urea groups is 1. The number of carbonyl (C=O) groups excluding carboxylic acids is 1. The zero-order chi connectivity index (χ0) is 26.3. The molecule has 2 amide bonds. The van der Waals surface area contributed by atoms with E-state index in [1.807, 2.05) is 34.9 Å². The van der Waals surface area contributed by atoms with Gasteiger partial charge in [0.15, 0.2) is 0 Å². The van der Waals surface area contributed by atoms with Crippen LogP contribution in [-0.2, 0) is 13.0 Å². The molecule has 1 atom stereocenters. The lowest BCUT2D eigenvalue weighted by atomic mass is 9.88. The van der Waals surface area contributed by atoms with Crippen LogP contribution in [-0.4, -0.2) is 45.5 Å². The van der Waals surface area contributed by atoms with E-state index in [0.717, 1.165) is 51.3 Å². The quantitative estimate of drug-likeness (QED) is 0.293. The molecule has 0 fully saturated rings. The second-order valence-corrected chi connectivity index (χ2v) is 10.4. The number of carbonyl (C=O) groups is 1. The Balaban J connectivity index is 1.21. The summed E-state index contributed by atoms with van der Waals surface area (Å²) in [6.07, 6.45) is 0.853. The van der Waals surface area contributed by atoms with Crippen LogP contribution in [0.15, 0.2) is 91.0 Å². The first-order chi connectivity index (χ1) is 19.1. The van der Waals surface area contributed by atoms with Crippen LogP contribution in [0.1, 0.15) is 34.1 Å².